The lowest BCUT2D eigenvalue weighted by molar-refractivity contribution is -0.125. The fraction of sp³-hybridized carbons (Fsp3) is 0.211. The van der Waals surface area contributed by atoms with Crippen LogP contribution in [0.4, 0.5) is 11.4 Å². The first-order valence-electron chi connectivity index (χ1n) is 8.22. The van der Waals surface area contributed by atoms with E-state index in [-0.39, 0.29) is 5.91 Å². The predicted molar refractivity (Wildman–Crippen MR) is 93.1 cm³/mol. The van der Waals surface area contributed by atoms with E-state index >= 15 is 0 Å². The first kappa shape index (κ1) is 16.1. The Bertz CT molecular complexity index is 924. The molecule has 0 bridgehead atoms. The van der Waals surface area contributed by atoms with Gasteiger partial charge in [-0.3, -0.25) is 9.59 Å². The Morgan fingerprint density at radius 3 is 2.81 bits per heavy atom. The van der Waals surface area contributed by atoms with Crippen LogP contribution in [0, 0.1) is 0 Å². The molecule has 2 aromatic carbocycles. The van der Waals surface area contributed by atoms with Gasteiger partial charge in [0.25, 0.3) is 11.8 Å². The second-order valence-corrected chi connectivity index (χ2v) is 6.20. The van der Waals surface area contributed by atoms with E-state index in [1.807, 2.05) is 12.1 Å². The second-order valence-electron chi connectivity index (χ2n) is 6.20. The van der Waals surface area contributed by atoms with Crippen molar-refractivity contribution >= 4 is 29.2 Å². The third-order valence-electron chi connectivity index (χ3n) is 4.36. The maximum absolute atomic E-state index is 12.5. The lowest BCUT2D eigenvalue weighted by Gasteiger charge is -2.25. The van der Waals surface area contributed by atoms with Crippen LogP contribution in [-0.4, -0.2) is 30.0 Å². The number of fused-ring (bicyclic) bond motifs is 2. The summed E-state index contributed by atoms with van der Waals surface area (Å²) < 4.78 is 10.7. The monoisotopic (exact) mass is 352 g/mol. The van der Waals surface area contributed by atoms with Gasteiger partial charge < -0.3 is 20.1 Å². The van der Waals surface area contributed by atoms with Gasteiger partial charge in [-0.1, -0.05) is 18.2 Å². The van der Waals surface area contributed by atoms with Crippen LogP contribution in [-0.2, 0) is 20.7 Å². The number of hydrogen-bond donors (Lipinski definition) is 2. The number of nitrogens with one attached hydrogen (secondary N) is 2. The molecule has 0 aromatic heterocycles. The largest absolute Gasteiger partial charge is 0.479 e. The molecule has 2 heterocycles. The van der Waals surface area contributed by atoms with E-state index < -0.39 is 24.1 Å². The molecular formula is C19H16N2O5. The van der Waals surface area contributed by atoms with Gasteiger partial charge in [-0.05, 0) is 36.8 Å². The average Bonchev–Trinajstić information content (AvgIpc) is 2.63. The Labute approximate surface area is 149 Å². The summed E-state index contributed by atoms with van der Waals surface area (Å²) in [4.78, 5) is 36.3. The highest BCUT2D eigenvalue weighted by molar-refractivity contribution is 6.01. The Balaban J connectivity index is 1.50. The topological polar surface area (TPSA) is 93.7 Å². The van der Waals surface area contributed by atoms with Gasteiger partial charge in [0.15, 0.2) is 12.2 Å². The number of ether oxygens (including phenoxy) is 2. The summed E-state index contributed by atoms with van der Waals surface area (Å²) in [5, 5.41) is 5.44. The summed E-state index contributed by atoms with van der Waals surface area (Å²) in [7, 11) is 0. The fourth-order valence-electron chi connectivity index (χ4n) is 2.99. The van der Waals surface area contributed by atoms with E-state index in [0.717, 1.165) is 5.56 Å². The Kier molecular flexibility index (Phi) is 3.84. The van der Waals surface area contributed by atoms with Crippen molar-refractivity contribution in [3.05, 3.63) is 53.6 Å². The zero-order chi connectivity index (χ0) is 18.3. The standard InChI is InChI=1S/C19H16N2O5/c1-10-17(22)21-14-9-12(6-7-15(14)25-10)20-18(23)16-8-11-4-2-3-5-13(11)19(24)26-16/h2-7,9-10,16H,8H2,1H3,(H,20,23)(H,21,22). The number of carbonyl (C=O) groups excluding carboxylic acids is 3. The molecule has 2 N–H and O–H groups in total. The first-order valence-corrected chi connectivity index (χ1v) is 8.22. The molecule has 7 heteroatoms. The van der Waals surface area contributed by atoms with Gasteiger partial charge in [-0.15, -0.1) is 0 Å². The number of hydrogen-bond acceptors (Lipinski definition) is 5. The lowest BCUT2D eigenvalue weighted by atomic mass is 9.98. The van der Waals surface area contributed by atoms with E-state index in [1.54, 1.807) is 37.3 Å². The number of cyclic esters (lactones) is 1. The molecular weight excluding hydrogens is 336 g/mol. The minimum absolute atomic E-state index is 0.251. The highest BCUT2D eigenvalue weighted by Gasteiger charge is 2.31. The SMILES string of the molecule is CC1Oc2ccc(NC(=O)C3Cc4ccccc4C(=O)O3)cc2NC1=O. The molecule has 0 saturated carbocycles. The number of rotatable bonds is 2. The molecule has 4 rings (SSSR count). The molecule has 132 valence electrons. The maximum atomic E-state index is 12.5. The van der Waals surface area contributed by atoms with Crippen LogP contribution in [0.5, 0.6) is 5.75 Å². The lowest BCUT2D eigenvalue weighted by Crippen LogP contribution is -2.38. The molecule has 0 aliphatic carbocycles. The summed E-state index contributed by atoms with van der Waals surface area (Å²) >= 11 is 0. The number of esters is 1. The molecule has 0 spiro atoms. The zero-order valence-electron chi connectivity index (χ0n) is 13.9. The van der Waals surface area contributed by atoms with Crippen molar-refractivity contribution in [1.82, 2.24) is 0 Å². The maximum Gasteiger partial charge on any atom is 0.339 e. The predicted octanol–water partition coefficient (Wildman–Crippen LogP) is 2.13. The summed E-state index contributed by atoms with van der Waals surface area (Å²) in [6, 6.07) is 12.0. The molecule has 7 nitrogen and oxygen atoms in total. The molecule has 2 amide bonds. The Morgan fingerprint density at radius 1 is 1.15 bits per heavy atom. The van der Waals surface area contributed by atoms with E-state index in [2.05, 4.69) is 10.6 Å². The molecule has 0 fully saturated rings. The fourth-order valence-corrected chi connectivity index (χ4v) is 2.99. The van der Waals surface area contributed by atoms with Crippen molar-refractivity contribution in [2.24, 2.45) is 0 Å². The van der Waals surface area contributed by atoms with E-state index in [4.69, 9.17) is 9.47 Å². The number of amides is 2. The zero-order valence-corrected chi connectivity index (χ0v) is 13.9. The van der Waals surface area contributed by atoms with Crippen molar-refractivity contribution < 1.29 is 23.9 Å². The third kappa shape index (κ3) is 2.88. The number of benzene rings is 2. The third-order valence-corrected chi connectivity index (χ3v) is 4.36. The van der Waals surface area contributed by atoms with Gasteiger partial charge in [0.2, 0.25) is 0 Å². The summed E-state index contributed by atoms with van der Waals surface area (Å²) in [5.41, 5.74) is 2.22. The van der Waals surface area contributed by atoms with Crippen molar-refractivity contribution in [2.45, 2.75) is 25.6 Å². The van der Waals surface area contributed by atoms with Crippen LogP contribution in [0.2, 0.25) is 0 Å². The van der Waals surface area contributed by atoms with Crippen molar-refractivity contribution in [1.29, 1.82) is 0 Å². The van der Waals surface area contributed by atoms with Crippen molar-refractivity contribution in [2.75, 3.05) is 10.6 Å². The van der Waals surface area contributed by atoms with Gasteiger partial charge in [0.1, 0.15) is 5.75 Å². The Hall–Kier alpha value is -3.35. The van der Waals surface area contributed by atoms with Crippen LogP contribution in [0.1, 0.15) is 22.8 Å². The van der Waals surface area contributed by atoms with Crippen molar-refractivity contribution in [3.8, 4) is 5.75 Å². The van der Waals surface area contributed by atoms with Crippen LogP contribution >= 0.6 is 0 Å². The van der Waals surface area contributed by atoms with E-state index in [0.29, 0.717) is 29.1 Å². The smallest absolute Gasteiger partial charge is 0.339 e. The summed E-state index contributed by atoms with van der Waals surface area (Å²) in [6.45, 7) is 1.66. The highest BCUT2D eigenvalue weighted by Crippen LogP contribution is 2.32. The van der Waals surface area contributed by atoms with Gasteiger partial charge in [0.05, 0.1) is 11.3 Å². The number of anilines is 2. The van der Waals surface area contributed by atoms with Crippen molar-refractivity contribution in [3.63, 3.8) is 0 Å². The molecule has 2 atom stereocenters. The normalized spacial score (nSPS) is 20.8. The molecule has 2 unspecified atom stereocenters. The second kappa shape index (κ2) is 6.18. The van der Waals surface area contributed by atoms with Gasteiger partial charge in [-0.25, -0.2) is 4.79 Å². The molecule has 2 aliphatic heterocycles. The van der Waals surface area contributed by atoms with Crippen LogP contribution in [0.25, 0.3) is 0 Å². The van der Waals surface area contributed by atoms with Gasteiger partial charge >= 0.3 is 5.97 Å². The number of carbonyl (C=O) groups is 3. The molecule has 0 radical (unpaired) electrons. The Morgan fingerprint density at radius 2 is 1.96 bits per heavy atom. The highest BCUT2D eigenvalue weighted by atomic mass is 16.5. The van der Waals surface area contributed by atoms with E-state index in [1.165, 1.54) is 0 Å². The first-order chi connectivity index (χ1) is 12.5. The van der Waals surface area contributed by atoms with Gasteiger partial charge in [0, 0.05) is 12.1 Å². The molecule has 26 heavy (non-hydrogen) atoms. The van der Waals surface area contributed by atoms with Crippen LogP contribution < -0.4 is 15.4 Å². The average molecular weight is 352 g/mol. The minimum Gasteiger partial charge on any atom is -0.479 e. The molecule has 2 aromatic rings. The van der Waals surface area contributed by atoms with Crippen LogP contribution in [0.3, 0.4) is 0 Å². The minimum atomic E-state index is -0.903. The van der Waals surface area contributed by atoms with E-state index in [9.17, 15) is 14.4 Å². The van der Waals surface area contributed by atoms with Gasteiger partial charge in [-0.2, -0.15) is 0 Å². The summed E-state index contributed by atoms with van der Waals surface area (Å²) in [6.07, 6.45) is -1.15. The molecule has 2 aliphatic rings. The summed E-state index contributed by atoms with van der Waals surface area (Å²) in [5.74, 6) is -0.650. The van der Waals surface area contributed by atoms with Crippen LogP contribution in [0.15, 0.2) is 42.5 Å². The quantitative estimate of drug-likeness (QED) is 0.808. The molecule has 0 saturated heterocycles.